The zero-order valence-corrected chi connectivity index (χ0v) is 17.8. The minimum absolute atomic E-state index is 0.489. The lowest BCUT2D eigenvalue weighted by molar-refractivity contribution is 0.210. The van der Waals surface area contributed by atoms with Crippen LogP contribution in [-0.2, 0) is 4.74 Å². The molecule has 0 radical (unpaired) electrons. The predicted octanol–water partition coefficient (Wildman–Crippen LogP) is 4.98. The molecule has 0 fully saturated rings. The second-order valence-corrected chi connectivity index (χ2v) is 7.46. The number of hydrogen-bond acceptors (Lipinski definition) is 6. The van der Waals surface area contributed by atoms with Gasteiger partial charge in [-0.25, -0.2) is 9.50 Å². The number of nitrogens with zero attached hydrogens (tertiary/aromatic N) is 4. The lowest BCUT2D eigenvalue weighted by Gasteiger charge is -2.12. The van der Waals surface area contributed by atoms with E-state index < -0.39 is 0 Å². The summed E-state index contributed by atoms with van der Waals surface area (Å²) in [4.78, 5) is 9.51. The number of aromatic nitrogens is 4. The van der Waals surface area contributed by atoms with Crippen LogP contribution in [0.1, 0.15) is 12.0 Å². The van der Waals surface area contributed by atoms with Crippen molar-refractivity contribution in [3.63, 3.8) is 0 Å². The normalized spacial score (nSPS) is 13.3. The zero-order valence-electron chi connectivity index (χ0n) is 17.8. The van der Waals surface area contributed by atoms with Crippen molar-refractivity contribution < 1.29 is 4.74 Å². The van der Waals surface area contributed by atoms with E-state index >= 15 is 0 Å². The highest BCUT2D eigenvalue weighted by atomic mass is 16.5. The van der Waals surface area contributed by atoms with Gasteiger partial charge in [-0.3, -0.25) is 0 Å². The first-order valence-corrected chi connectivity index (χ1v) is 10.6. The van der Waals surface area contributed by atoms with Crippen molar-refractivity contribution in [2.45, 2.75) is 6.42 Å². The van der Waals surface area contributed by atoms with Gasteiger partial charge >= 0.3 is 0 Å². The van der Waals surface area contributed by atoms with Crippen molar-refractivity contribution in [3.8, 4) is 0 Å². The van der Waals surface area contributed by atoms with Crippen molar-refractivity contribution in [3.05, 3.63) is 84.6 Å². The van der Waals surface area contributed by atoms with E-state index in [0.29, 0.717) is 24.9 Å². The summed E-state index contributed by atoms with van der Waals surface area (Å²) >= 11 is 0. The largest absolute Gasteiger partial charge is 0.383 e. The number of benzene rings is 1. The maximum absolute atomic E-state index is 5.19. The molecule has 3 aromatic heterocycles. The van der Waals surface area contributed by atoms with E-state index in [2.05, 4.69) is 64.3 Å². The molecule has 3 heterocycles. The van der Waals surface area contributed by atoms with Crippen LogP contribution in [0.25, 0.3) is 22.0 Å². The lowest BCUT2D eigenvalue weighted by Crippen LogP contribution is -2.11. The van der Waals surface area contributed by atoms with E-state index in [9.17, 15) is 0 Å². The van der Waals surface area contributed by atoms with Crippen molar-refractivity contribution in [1.82, 2.24) is 19.6 Å². The average molecular weight is 425 g/mol. The van der Waals surface area contributed by atoms with E-state index in [4.69, 9.17) is 14.7 Å². The molecule has 0 amide bonds. The molecule has 7 heteroatoms. The first-order valence-electron chi connectivity index (χ1n) is 10.6. The number of fused-ring (bicyclic) bond motifs is 2. The van der Waals surface area contributed by atoms with E-state index in [0.717, 1.165) is 39.8 Å². The summed E-state index contributed by atoms with van der Waals surface area (Å²) in [6, 6.07) is 14.2. The van der Waals surface area contributed by atoms with Gasteiger partial charge in [0.15, 0.2) is 5.82 Å². The third kappa shape index (κ3) is 4.24. The molecule has 160 valence electrons. The van der Waals surface area contributed by atoms with Crippen molar-refractivity contribution in [1.29, 1.82) is 0 Å². The second kappa shape index (κ2) is 9.03. The smallest absolute Gasteiger partial charge is 0.230 e. The van der Waals surface area contributed by atoms with Crippen LogP contribution in [0.4, 0.5) is 17.6 Å². The van der Waals surface area contributed by atoms with Crippen LogP contribution in [0.5, 0.6) is 0 Å². The number of pyridine rings is 1. The Morgan fingerprint density at radius 2 is 2.06 bits per heavy atom. The summed E-state index contributed by atoms with van der Waals surface area (Å²) in [5, 5.41) is 12.1. The van der Waals surface area contributed by atoms with Crippen LogP contribution in [0.15, 0.2) is 79.0 Å². The zero-order chi connectivity index (χ0) is 21.8. The Labute approximate surface area is 186 Å². The molecule has 0 saturated heterocycles. The van der Waals surface area contributed by atoms with Gasteiger partial charge < -0.3 is 15.4 Å². The van der Waals surface area contributed by atoms with Gasteiger partial charge in [0.05, 0.1) is 17.6 Å². The quantitative estimate of drug-likeness (QED) is 0.408. The predicted molar refractivity (Wildman–Crippen MR) is 129 cm³/mol. The van der Waals surface area contributed by atoms with Crippen molar-refractivity contribution in [2.75, 3.05) is 30.9 Å². The van der Waals surface area contributed by atoms with E-state index in [1.54, 1.807) is 7.11 Å². The molecule has 7 nitrogen and oxygen atoms in total. The van der Waals surface area contributed by atoms with Crippen LogP contribution >= 0.6 is 0 Å². The molecular formula is C25H24N6O. The molecule has 5 rings (SSSR count). The Morgan fingerprint density at radius 3 is 2.97 bits per heavy atom. The molecule has 0 unspecified atom stereocenters. The molecule has 4 aromatic rings. The van der Waals surface area contributed by atoms with Crippen LogP contribution in [0.2, 0.25) is 0 Å². The highest BCUT2D eigenvalue weighted by molar-refractivity contribution is 5.93. The Kier molecular flexibility index (Phi) is 5.63. The van der Waals surface area contributed by atoms with Gasteiger partial charge in [-0.1, -0.05) is 42.5 Å². The summed E-state index contributed by atoms with van der Waals surface area (Å²) in [6.07, 6.45) is 13.5. The molecule has 0 aliphatic heterocycles. The second-order valence-electron chi connectivity index (χ2n) is 7.46. The Balaban J connectivity index is 1.54. The summed E-state index contributed by atoms with van der Waals surface area (Å²) in [6.45, 7) is 1.24. The number of anilines is 3. The monoisotopic (exact) mass is 424 g/mol. The summed E-state index contributed by atoms with van der Waals surface area (Å²) < 4.78 is 7.01. The standard InChI is InChI=1S/C25H24N6O/c1-32-15-13-26-24-21-12-11-19(18-8-4-2-3-5-9-18)16-22(21)27-25(29-24)28-23-17-20-10-6-7-14-31(20)30-23/h2,4-12,14,16-17H,3,13,15H2,1H3,(H2,26,27,28,29,30). The first kappa shape index (κ1) is 20.0. The van der Waals surface area contributed by atoms with Gasteiger partial charge in [-0.15, -0.1) is 0 Å². The number of nitrogens with one attached hydrogen (secondary N) is 2. The van der Waals surface area contributed by atoms with Crippen LogP contribution in [-0.4, -0.2) is 39.8 Å². The molecule has 0 atom stereocenters. The fraction of sp³-hybridized carbons (Fsp3) is 0.160. The van der Waals surface area contributed by atoms with Gasteiger partial charge in [0.1, 0.15) is 5.82 Å². The number of ether oxygens (including phenoxy) is 1. The molecule has 0 bridgehead atoms. The van der Waals surface area contributed by atoms with Crippen molar-refractivity contribution >= 4 is 39.6 Å². The molecule has 1 aliphatic rings. The highest BCUT2D eigenvalue weighted by Crippen LogP contribution is 2.28. The van der Waals surface area contributed by atoms with E-state index in [-0.39, 0.29) is 0 Å². The third-order valence-corrected chi connectivity index (χ3v) is 5.22. The van der Waals surface area contributed by atoms with Crippen LogP contribution in [0, 0.1) is 0 Å². The van der Waals surface area contributed by atoms with Gasteiger partial charge in [0.25, 0.3) is 0 Å². The number of allylic oxidation sites excluding steroid dienone is 6. The van der Waals surface area contributed by atoms with Gasteiger partial charge in [0, 0.05) is 31.3 Å². The third-order valence-electron chi connectivity index (χ3n) is 5.22. The Morgan fingerprint density at radius 1 is 1.09 bits per heavy atom. The topological polar surface area (TPSA) is 76.4 Å². The Bertz CT molecular complexity index is 1320. The molecule has 0 saturated carbocycles. The van der Waals surface area contributed by atoms with Crippen molar-refractivity contribution in [2.24, 2.45) is 0 Å². The number of hydrogen-bond donors (Lipinski definition) is 2. The molecule has 0 spiro atoms. The molecular weight excluding hydrogens is 400 g/mol. The first-order chi connectivity index (χ1) is 15.8. The number of methoxy groups -OCH3 is 1. The summed E-state index contributed by atoms with van der Waals surface area (Å²) in [7, 11) is 1.69. The van der Waals surface area contributed by atoms with E-state index in [1.807, 2.05) is 35.0 Å². The lowest BCUT2D eigenvalue weighted by atomic mass is 10.0. The van der Waals surface area contributed by atoms with Crippen LogP contribution in [0.3, 0.4) is 0 Å². The molecule has 1 aliphatic carbocycles. The molecule has 32 heavy (non-hydrogen) atoms. The summed E-state index contributed by atoms with van der Waals surface area (Å²) in [5.74, 6) is 1.94. The minimum Gasteiger partial charge on any atom is -0.383 e. The fourth-order valence-electron chi connectivity index (χ4n) is 3.66. The van der Waals surface area contributed by atoms with Gasteiger partial charge in [-0.05, 0) is 41.8 Å². The maximum Gasteiger partial charge on any atom is 0.230 e. The molecule has 2 N–H and O–H groups in total. The average Bonchev–Trinajstić information content (AvgIpc) is 3.01. The molecule has 1 aromatic carbocycles. The SMILES string of the molecule is COCCNc1nc(Nc2cc3ccccn3n2)nc2cc(C3=CC=CCC=C3)ccc12. The summed E-state index contributed by atoms with van der Waals surface area (Å²) in [5.41, 5.74) is 4.12. The van der Waals surface area contributed by atoms with E-state index in [1.165, 1.54) is 0 Å². The minimum atomic E-state index is 0.489. The van der Waals surface area contributed by atoms with Crippen LogP contribution < -0.4 is 10.6 Å². The fourth-order valence-corrected chi connectivity index (χ4v) is 3.66. The highest BCUT2D eigenvalue weighted by Gasteiger charge is 2.11. The van der Waals surface area contributed by atoms with Gasteiger partial charge in [-0.2, -0.15) is 10.1 Å². The maximum atomic E-state index is 5.19. The Hall–Kier alpha value is -3.97. The van der Waals surface area contributed by atoms with Gasteiger partial charge in [0.2, 0.25) is 5.95 Å². The number of rotatable bonds is 7.